The molecule has 1 rings (SSSR count). The van der Waals surface area contributed by atoms with Crippen molar-refractivity contribution in [3.05, 3.63) is 23.9 Å². The molecule has 0 aromatic heterocycles. The van der Waals surface area contributed by atoms with Gasteiger partial charge >= 0.3 is 0 Å². The van der Waals surface area contributed by atoms with Gasteiger partial charge in [0, 0.05) is 12.2 Å². The van der Waals surface area contributed by atoms with Gasteiger partial charge < -0.3 is 10.6 Å². The Morgan fingerprint density at radius 3 is 2.31 bits per heavy atom. The van der Waals surface area contributed by atoms with Gasteiger partial charge in [-0.25, -0.2) is 0 Å². The second-order valence-electron chi connectivity index (χ2n) is 2.88. The van der Waals surface area contributed by atoms with E-state index in [1.54, 1.807) is 0 Å². The maximum Gasteiger partial charge on any atom is 0.0296 e. The Balaban J connectivity index is 0.000000310. The third-order valence-electron chi connectivity index (χ3n) is 1.73. The molecule has 0 bridgehead atoms. The number of likely N-dealkylation sites (N-methyl/N-ethyl adjacent to an activating group) is 1. The Kier molecular flexibility index (Phi) is 8.78. The highest BCUT2D eigenvalue weighted by Gasteiger charge is 1.92. The maximum absolute atomic E-state index is 3.26. The highest BCUT2D eigenvalue weighted by Crippen LogP contribution is 2.05. The normalized spacial score (nSPS) is 14.2. The lowest BCUT2D eigenvalue weighted by Gasteiger charge is -2.06. The Bertz CT molecular complexity index is 157. The summed E-state index contributed by atoms with van der Waals surface area (Å²) in [6.07, 6.45) is 8.99. The van der Waals surface area contributed by atoms with Gasteiger partial charge in [-0.15, -0.1) is 0 Å². The number of allylic oxidation sites excluding steroid dienone is 3. The van der Waals surface area contributed by atoms with Gasteiger partial charge in [0.1, 0.15) is 0 Å². The molecule has 1 aliphatic carbocycles. The summed E-state index contributed by atoms with van der Waals surface area (Å²) in [5.74, 6) is 0. The van der Waals surface area contributed by atoms with Gasteiger partial charge in [0.05, 0.1) is 0 Å². The molecule has 0 radical (unpaired) electrons. The van der Waals surface area contributed by atoms with Crippen LogP contribution in [0.5, 0.6) is 0 Å². The van der Waals surface area contributed by atoms with Crippen LogP contribution in [-0.4, -0.2) is 20.1 Å². The Hall–Kier alpha value is -0.760. The smallest absolute Gasteiger partial charge is 0.0296 e. The van der Waals surface area contributed by atoms with Crippen LogP contribution < -0.4 is 10.6 Å². The molecule has 76 valence electrons. The van der Waals surface area contributed by atoms with Crippen LogP contribution in [0.1, 0.15) is 26.7 Å². The van der Waals surface area contributed by atoms with Gasteiger partial charge in [-0.1, -0.05) is 19.1 Å². The largest absolute Gasteiger partial charge is 0.386 e. The van der Waals surface area contributed by atoms with Crippen molar-refractivity contribution in [2.45, 2.75) is 26.7 Å². The third-order valence-corrected chi connectivity index (χ3v) is 1.73. The first-order valence-corrected chi connectivity index (χ1v) is 5.10. The summed E-state index contributed by atoms with van der Waals surface area (Å²) in [6, 6.07) is 0. The molecule has 1 aliphatic rings. The predicted molar refractivity (Wildman–Crippen MR) is 59.7 cm³/mol. The van der Waals surface area contributed by atoms with Gasteiger partial charge in [-0.3, -0.25) is 0 Å². The quantitative estimate of drug-likeness (QED) is 0.698. The monoisotopic (exact) mass is 182 g/mol. The molecule has 0 spiro atoms. The SMILES string of the molecule is CCNC.CCNC1=CCCC=C1. The van der Waals surface area contributed by atoms with E-state index in [2.05, 4.69) is 42.7 Å². The van der Waals surface area contributed by atoms with Gasteiger partial charge in [0.15, 0.2) is 0 Å². The number of rotatable bonds is 3. The fourth-order valence-electron chi connectivity index (χ4n) is 0.949. The number of nitrogens with one attached hydrogen (secondary N) is 2. The second-order valence-corrected chi connectivity index (χ2v) is 2.88. The molecule has 0 heterocycles. The van der Waals surface area contributed by atoms with Gasteiger partial charge in [0.2, 0.25) is 0 Å². The van der Waals surface area contributed by atoms with Gasteiger partial charge in [-0.05, 0) is 39.4 Å². The van der Waals surface area contributed by atoms with Crippen molar-refractivity contribution in [1.29, 1.82) is 0 Å². The summed E-state index contributed by atoms with van der Waals surface area (Å²) in [7, 11) is 1.93. The fraction of sp³-hybridized carbons (Fsp3) is 0.636. The van der Waals surface area contributed by atoms with Gasteiger partial charge in [0.25, 0.3) is 0 Å². The van der Waals surface area contributed by atoms with Crippen LogP contribution in [0, 0.1) is 0 Å². The summed E-state index contributed by atoms with van der Waals surface area (Å²) < 4.78 is 0. The molecule has 2 heteroatoms. The van der Waals surface area contributed by atoms with E-state index in [0.29, 0.717) is 0 Å². The van der Waals surface area contributed by atoms with Crippen molar-refractivity contribution in [2.75, 3.05) is 20.1 Å². The van der Waals surface area contributed by atoms with E-state index < -0.39 is 0 Å². The number of hydrogen-bond acceptors (Lipinski definition) is 2. The summed E-state index contributed by atoms with van der Waals surface area (Å²) in [5.41, 5.74) is 1.28. The van der Waals surface area contributed by atoms with E-state index in [0.717, 1.165) is 13.1 Å². The van der Waals surface area contributed by atoms with Crippen LogP contribution in [0.15, 0.2) is 23.9 Å². The van der Waals surface area contributed by atoms with Crippen LogP contribution in [0.3, 0.4) is 0 Å². The van der Waals surface area contributed by atoms with Crippen molar-refractivity contribution in [1.82, 2.24) is 10.6 Å². The number of hydrogen-bond donors (Lipinski definition) is 2. The average molecular weight is 182 g/mol. The van der Waals surface area contributed by atoms with Crippen molar-refractivity contribution in [3.8, 4) is 0 Å². The van der Waals surface area contributed by atoms with E-state index in [9.17, 15) is 0 Å². The van der Waals surface area contributed by atoms with Crippen molar-refractivity contribution < 1.29 is 0 Å². The van der Waals surface area contributed by atoms with E-state index >= 15 is 0 Å². The molecule has 2 nitrogen and oxygen atoms in total. The zero-order valence-electron chi connectivity index (χ0n) is 9.06. The van der Waals surface area contributed by atoms with Crippen LogP contribution in [0.2, 0.25) is 0 Å². The highest BCUT2D eigenvalue weighted by molar-refractivity contribution is 5.19. The average Bonchev–Trinajstić information content (AvgIpc) is 2.20. The van der Waals surface area contributed by atoms with Crippen molar-refractivity contribution >= 4 is 0 Å². The lowest BCUT2D eigenvalue weighted by Crippen LogP contribution is -2.11. The van der Waals surface area contributed by atoms with Gasteiger partial charge in [-0.2, -0.15) is 0 Å². The molecule has 0 aromatic carbocycles. The molecule has 13 heavy (non-hydrogen) atoms. The molecule has 0 aliphatic heterocycles. The molecule has 0 saturated carbocycles. The molecule has 0 atom stereocenters. The third kappa shape index (κ3) is 7.60. The minimum absolute atomic E-state index is 1.02. The molecule has 0 saturated heterocycles. The first-order chi connectivity index (χ1) is 6.35. The van der Waals surface area contributed by atoms with E-state index in [4.69, 9.17) is 0 Å². The van der Waals surface area contributed by atoms with E-state index in [1.807, 2.05) is 7.05 Å². The fourth-order valence-corrected chi connectivity index (χ4v) is 0.949. The Labute approximate surface area is 82.1 Å². The lowest BCUT2D eigenvalue weighted by molar-refractivity contribution is 0.850. The van der Waals surface area contributed by atoms with Crippen LogP contribution in [-0.2, 0) is 0 Å². The van der Waals surface area contributed by atoms with Crippen LogP contribution >= 0.6 is 0 Å². The van der Waals surface area contributed by atoms with Crippen molar-refractivity contribution in [2.24, 2.45) is 0 Å². The topological polar surface area (TPSA) is 24.1 Å². The zero-order chi connectivity index (χ0) is 9.94. The molecule has 0 unspecified atom stereocenters. The molecule has 0 aromatic rings. The standard InChI is InChI=1S/C8H13N.C3H9N/c1-2-9-8-6-4-3-5-7-8;1-3-4-2/h4,6-7,9H,2-3,5H2,1H3;4H,3H2,1-2H3. The second kappa shape index (κ2) is 9.33. The molecule has 0 fully saturated rings. The van der Waals surface area contributed by atoms with E-state index in [1.165, 1.54) is 18.5 Å². The Morgan fingerprint density at radius 2 is 1.92 bits per heavy atom. The minimum atomic E-state index is 1.02. The molecule has 0 amide bonds. The zero-order valence-corrected chi connectivity index (χ0v) is 9.06. The van der Waals surface area contributed by atoms with Crippen molar-refractivity contribution in [3.63, 3.8) is 0 Å². The first-order valence-electron chi connectivity index (χ1n) is 5.10. The Morgan fingerprint density at radius 1 is 1.23 bits per heavy atom. The summed E-state index contributed by atoms with van der Waals surface area (Å²) in [5, 5.41) is 6.19. The molecule has 2 N–H and O–H groups in total. The highest BCUT2D eigenvalue weighted by atomic mass is 14.9. The summed E-state index contributed by atoms with van der Waals surface area (Å²) >= 11 is 0. The van der Waals surface area contributed by atoms with Crippen LogP contribution in [0.25, 0.3) is 0 Å². The predicted octanol–water partition coefficient (Wildman–Crippen LogP) is 2.06. The van der Waals surface area contributed by atoms with Crippen LogP contribution in [0.4, 0.5) is 0 Å². The maximum atomic E-state index is 3.26. The molecular formula is C11H22N2. The minimum Gasteiger partial charge on any atom is -0.386 e. The van der Waals surface area contributed by atoms with E-state index in [-0.39, 0.29) is 0 Å². The summed E-state index contributed by atoms with van der Waals surface area (Å²) in [6.45, 7) is 6.28. The summed E-state index contributed by atoms with van der Waals surface area (Å²) in [4.78, 5) is 0. The lowest BCUT2D eigenvalue weighted by atomic mass is 10.1. The first kappa shape index (κ1) is 12.2. The molecular weight excluding hydrogens is 160 g/mol.